The molecule has 12 heteroatoms. The Bertz CT molecular complexity index is 1760. The van der Waals surface area contributed by atoms with Crippen LogP contribution >= 0.6 is 11.6 Å². The molecule has 2 bridgehead atoms. The molecule has 2 aromatic carbocycles. The van der Waals surface area contributed by atoms with Crippen molar-refractivity contribution in [2.45, 2.75) is 88.7 Å². The molecule has 0 unspecified atom stereocenters. The summed E-state index contributed by atoms with van der Waals surface area (Å²) in [5.41, 5.74) is 2.89. The number of nitrogens with one attached hydrogen (secondary N) is 1. The first-order valence-corrected chi connectivity index (χ1v) is 22.1. The molecule has 1 amide bonds. The number of hydrogen-bond acceptors (Lipinski definition) is 9. The SMILES string of the molecule is CO[C@]1(CN2CCC(N3CCOCC3)CC2)/C=C/C[C@H](C)[C@@H](C)S(=O)(=O)NC(=O)c2ccc3c(c2)N(CCCCc2cc(Cl)ccc2CO3)C[C@@H]2CC[C@H]21. The van der Waals surface area contributed by atoms with Gasteiger partial charge in [-0.3, -0.25) is 9.69 Å². The maximum Gasteiger partial charge on any atom is 0.264 e. The van der Waals surface area contributed by atoms with Gasteiger partial charge in [-0.1, -0.05) is 36.7 Å². The van der Waals surface area contributed by atoms with Crippen molar-refractivity contribution < 1.29 is 27.4 Å². The van der Waals surface area contributed by atoms with E-state index in [4.69, 9.17) is 25.8 Å². The van der Waals surface area contributed by atoms with Gasteiger partial charge in [-0.05, 0) is 131 Å². The third-order valence-electron chi connectivity index (χ3n) is 13.1. The van der Waals surface area contributed by atoms with Crippen LogP contribution in [0.3, 0.4) is 0 Å². The molecule has 0 spiro atoms. The van der Waals surface area contributed by atoms with Gasteiger partial charge in [0.2, 0.25) is 10.0 Å². The standard InChI is InChI=1S/C42H59ClN4O6S/c1-30-7-6-17-42(51-3,29-45-19-15-37(16-20-45)46-21-23-52-24-22-46)38-13-10-34(38)27-47-18-5-4-8-32-25-36(43)12-9-35(32)28-53-40-14-11-33(26-39(40)47)41(48)44-54(49,50)31(30)2/h6,9,11-12,14,17,25-26,30-31,34,37-38H,4-5,7-8,10,13,15-16,18-24,27-29H2,1-3H3,(H,44,48)/b17-6+/t30-,31+,34-,38+,42-/m0/s1. The molecule has 2 aromatic rings. The number of piperidine rings is 1. The number of nitrogens with zero attached hydrogens (tertiary/aromatic N) is 3. The fourth-order valence-corrected chi connectivity index (χ4v) is 10.8. The topological polar surface area (TPSA) is 101 Å². The Morgan fingerprint density at radius 1 is 0.963 bits per heavy atom. The summed E-state index contributed by atoms with van der Waals surface area (Å²) in [7, 11) is -2.10. The lowest BCUT2D eigenvalue weighted by Crippen LogP contribution is -2.58. The first-order valence-electron chi connectivity index (χ1n) is 20.2. The molecule has 4 heterocycles. The molecule has 0 aromatic heterocycles. The average Bonchev–Trinajstić information content (AvgIpc) is 3.19. The number of ether oxygens (including phenoxy) is 3. The van der Waals surface area contributed by atoms with Crippen LogP contribution in [-0.4, -0.2) is 107 Å². The van der Waals surface area contributed by atoms with Gasteiger partial charge in [-0.25, -0.2) is 13.1 Å². The molecule has 1 N–H and O–H groups in total. The number of methoxy groups -OCH3 is 1. The molecule has 3 fully saturated rings. The summed E-state index contributed by atoms with van der Waals surface area (Å²) in [4.78, 5) is 21.2. The number of allylic oxidation sites excluding steroid dienone is 1. The summed E-state index contributed by atoms with van der Waals surface area (Å²) in [5.74, 6) is 0.477. The van der Waals surface area contributed by atoms with E-state index in [1.165, 1.54) is 5.56 Å². The fourth-order valence-electron chi connectivity index (χ4n) is 9.37. The largest absolute Gasteiger partial charge is 0.487 e. The third kappa shape index (κ3) is 8.82. The molecule has 54 heavy (non-hydrogen) atoms. The smallest absolute Gasteiger partial charge is 0.264 e. The molecule has 296 valence electrons. The van der Waals surface area contributed by atoms with Crippen LogP contribution < -0.4 is 14.4 Å². The molecule has 1 saturated carbocycles. The molecule has 1 aliphatic carbocycles. The number of anilines is 1. The van der Waals surface area contributed by atoms with Crippen LogP contribution in [0.15, 0.2) is 48.6 Å². The van der Waals surface area contributed by atoms with E-state index in [1.54, 1.807) is 13.0 Å². The van der Waals surface area contributed by atoms with Crippen LogP contribution in [0.1, 0.15) is 80.3 Å². The second-order valence-corrected chi connectivity index (χ2v) is 18.8. The van der Waals surface area contributed by atoms with Crippen LogP contribution in [0.25, 0.3) is 0 Å². The first kappa shape index (κ1) is 39.6. The maximum absolute atomic E-state index is 13.6. The highest BCUT2D eigenvalue weighted by atomic mass is 35.5. The van der Waals surface area contributed by atoms with Gasteiger partial charge in [-0.15, -0.1) is 0 Å². The van der Waals surface area contributed by atoms with E-state index in [-0.39, 0.29) is 11.8 Å². The van der Waals surface area contributed by atoms with Gasteiger partial charge in [0, 0.05) is 56.5 Å². The summed E-state index contributed by atoms with van der Waals surface area (Å²) < 4.78 is 48.5. The molecular weight excluding hydrogens is 724 g/mol. The number of carbonyl (C=O) groups is 1. The van der Waals surface area contributed by atoms with Gasteiger partial charge in [0.1, 0.15) is 18.0 Å². The summed E-state index contributed by atoms with van der Waals surface area (Å²) in [5, 5.41) is -0.0579. The Labute approximate surface area is 327 Å². The van der Waals surface area contributed by atoms with E-state index in [0.717, 1.165) is 120 Å². The van der Waals surface area contributed by atoms with Crippen molar-refractivity contribution in [3.63, 3.8) is 0 Å². The van der Waals surface area contributed by atoms with Crippen molar-refractivity contribution in [1.82, 2.24) is 14.5 Å². The second-order valence-electron chi connectivity index (χ2n) is 16.3. The highest BCUT2D eigenvalue weighted by Gasteiger charge is 2.48. The Kier molecular flexibility index (Phi) is 12.6. The van der Waals surface area contributed by atoms with Gasteiger partial charge in [0.15, 0.2) is 0 Å². The third-order valence-corrected chi connectivity index (χ3v) is 15.3. The van der Waals surface area contributed by atoms with Crippen molar-refractivity contribution in [3.05, 3.63) is 70.3 Å². The maximum atomic E-state index is 13.6. The molecule has 0 radical (unpaired) electrons. The summed E-state index contributed by atoms with van der Waals surface area (Å²) in [6, 6.07) is 11.9. The highest BCUT2D eigenvalue weighted by Crippen LogP contribution is 2.47. The Hall–Kier alpha value is -2.67. The number of rotatable bonds is 4. The number of likely N-dealkylation sites (tertiary alicyclic amines) is 1. The number of carbonyl (C=O) groups excluding carboxylic acids is 1. The highest BCUT2D eigenvalue weighted by molar-refractivity contribution is 7.90. The number of fused-ring (bicyclic) bond motifs is 3. The number of morpholine rings is 1. The predicted molar refractivity (Wildman–Crippen MR) is 214 cm³/mol. The summed E-state index contributed by atoms with van der Waals surface area (Å²) >= 11 is 6.42. The van der Waals surface area contributed by atoms with Crippen LogP contribution in [0.5, 0.6) is 5.75 Å². The Balaban J connectivity index is 1.21. The Morgan fingerprint density at radius 3 is 2.50 bits per heavy atom. The fraction of sp³-hybridized carbons (Fsp3) is 0.643. The lowest BCUT2D eigenvalue weighted by atomic mass is 9.63. The van der Waals surface area contributed by atoms with Gasteiger partial charge in [0.05, 0.1) is 24.2 Å². The lowest BCUT2D eigenvalue weighted by molar-refractivity contribution is -0.0961. The number of amides is 1. The van der Waals surface area contributed by atoms with Gasteiger partial charge >= 0.3 is 0 Å². The van der Waals surface area contributed by atoms with E-state index >= 15 is 0 Å². The van der Waals surface area contributed by atoms with Gasteiger partial charge in [-0.2, -0.15) is 0 Å². The molecule has 4 aliphatic heterocycles. The molecular formula is C42H59ClN4O6S. The summed E-state index contributed by atoms with van der Waals surface area (Å²) in [6.45, 7) is 12.1. The number of hydrogen-bond donors (Lipinski definition) is 1. The van der Waals surface area contributed by atoms with Gasteiger partial charge in [0.25, 0.3) is 5.91 Å². The monoisotopic (exact) mass is 782 g/mol. The van der Waals surface area contributed by atoms with Crippen LogP contribution in [-0.2, 0) is 32.5 Å². The minimum atomic E-state index is -3.96. The zero-order chi connectivity index (χ0) is 37.9. The number of aryl methyl sites for hydroxylation is 1. The van der Waals surface area contributed by atoms with Crippen molar-refractivity contribution in [3.8, 4) is 5.75 Å². The van der Waals surface area contributed by atoms with Crippen molar-refractivity contribution in [2.75, 3.05) is 71.0 Å². The normalized spacial score (nSPS) is 31.1. The van der Waals surface area contributed by atoms with Crippen LogP contribution in [0.2, 0.25) is 5.02 Å². The van der Waals surface area contributed by atoms with Crippen LogP contribution in [0.4, 0.5) is 5.69 Å². The molecule has 2 saturated heterocycles. The molecule has 5 aliphatic rings. The summed E-state index contributed by atoms with van der Waals surface area (Å²) in [6.07, 6.45) is 12.2. The van der Waals surface area contributed by atoms with Gasteiger partial charge < -0.3 is 24.0 Å². The molecule has 5 atom stereocenters. The molecule has 7 rings (SSSR count). The van der Waals surface area contributed by atoms with E-state index in [2.05, 4.69) is 31.6 Å². The second kappa shape index (κ2) is 17.2. The minimum Gasteiger partial charge on any atom is -0.487 e. The average molecular weight is 783 g/mol. The quantitative estimate of drug-likeness (QED) is 0.358. The van der Waals surface area contributed by atoms with Crippen molar-refractivity contribution >= 4 is 33.2 Å². The first-order chi connectivity index (χ1) is 26.0. The zero-order valence-corrected chi connectivity index (χ0v) is 33.9. The van der Waals surface area contributed by atoms with E-state index in [1.807, 2.05) is 44.4 Å². The minimum absolute atomic E-state index is 0.218. The zero-order valence-electron chi connectivity index (χ0n) is 32.3. The van der Waals surface area contributed by atoms with E-state index < -0.39 is 26.8 Å². The number of sulfonamides is 1. The van der Waals surface area contributed by atoms with Crippen molar-refractivity contribution in [2.24, 2.45) is 17.8 Å². The Morgan fingerprint density at radius 2 is 1.76 bits per heavy atom. The van der Waals surface area contributed by atoms with Crippen LogP contribution in [0, 0.1) is 17.8 Å². The van der Waals surface area contributed by atoms with E-state index in [9.17, 15) is 13.2 Å². The predicted octanol–water partition coefficient (Wildman–Crippen LogP) is 6.31. The number of benzene rings is 2. The molecule has 10 nitrogen and oxygen atoms in total. The number of halogens is 1. The van der Waals surface area contributed by atoms with Crippen molar-refractivity contribution in [1.29, 1.82) is 0 Å². The van der Waals surface area contributed by atoms with E-state index in [0.29, 0.717) is 36.3 Å². The lowest BCUT2D eigenvalue weighted by Gasteiger charge is -2.52.